The fourth-order valence-corrected chi connectivity index (χ4v) is 4.29. The first kappa shape index (κ1) is 23.5. The van der Waals surface area contributed by atoms with Gasteiger partial charge < -0.3 is 21.3 Å². The maximum atomic E-state index is 12.6. The Bertz CT molecular complexity index is 921. The van der Waals surface area contributed by atoms with Crippen LogP contribution in [-0.4, -0.2) is 40.1 Å². The van der Waals surface area contributed by atoms with Gasteiger partial charge in [-0.15, -0.1) is 0 Å². The quantitative estimate of drug-likeness (QED) is 0.476. The number of aliphatic carboxylic acids is 2. The Morgan fingerprint density at radius 1 is 0.906 bits per heavy atom. The van der Waals surface area contributed by atoms with Crippen LogP contribution in [0.4, 0.5) is 0 Å². The minimum absolute atomic E-state index is 0.0776. The third-order valence-electron chi connectivity index (χ3n) is 6.23. The van der Waals surface area contributed by atoms with E-state index in [9.17, 15) is 19.5 Å². The van der Waals surface area contributed by atoms with Crippen LogP contribution in [0.3, 0.4) is 0 Å². The summed E-state index contributed by atoms with van der Waals surface area (Å²) in [6.07, 6.45) is 2.97. The number of carboxylic acid groups (broad SMARTS) is 2. The van der Waals surface area contributed by atoms with Gasteiger partial charge in [-0.25, -0.2) is 4.79 Å². The van der Waals surface area contributed by atoms with Crippen LogP contribution in [0, 0.1) is 11.8 Å². The van der Waals surface area contributed by atoms with Crippen LogP contribution in [0.15, 0.2) is 54.6 Å². The van der Waals surface area contributed by atoms with E-state index < -0.39 is 29.9 Å². The fourth-order valence-electron chi connectivity index (χ4n) is 4.29. The van der Waals surface area contributed by atoms with Crippen molar-refractivity contribution in [1.82, 2.24) is 5.32 Å². The second kappa shape index (κ2) is 10.9. The maximum Gasteiger partial charge on any atom is 0.326 e. The zero-order valence-corrected chi connectivity index (χ0v) is 17.9. The van der Waals surface area contributed by atoms with E-state index in [1.54, 1.807) is 0 Å². The van der Waals surface area contributed by atoms with Crippen molar-refractivity contribution in [3.8, 4) is 11.1 Å². The van der Waals surface area contributed by atoms with Gasteiger partial charge in [-0.05, 0) is 61.1 Å². The summed E-state index contributed by atoms with van der Waals surface area (Å²) in [5, 5.41) is 21.2. The van der Waals surface area contributed by atoms with Gasteiger partial charge in [0.25, 0.3) is 0 Å². The van der Waals surface area contributed by atoms with Crippen molar-refractivity contribution in [1.29, 1.82) is 0 Å². The van der Waals surface area contributed by atoms with Crippen molar-refractivity contribution in [2.75, 3.05) is 0 Å². The van der Waals surface area contributed by atoms with Crippen molar-refractivity contribution >= 4 is 17.8 Å². The number of carbonyl (C=O) groups excluding carboxylic acids is 1. The highest BCUT2D eigenvalue weighted by atomic mass is 16.4. The molecule has 170 valence electrons. The molecule has 2 aromatic carbocycles. The second-order valence-corrected chi connectivity index (χ2v) is 8.56. The first-order valence-electron chi connectivity index (χ1n) is 11.0. The SMILES string of the molecule is N[C@@H](Cc1ccc(-c2ccccc2)cc1)C(=O)N[C@@H](CC1CCC(C(=O)O)CC1)C(=O)O. The lowest BCUT2D eigenvalue weighted by Crippen LogP contribution is -2.50. The van der Waals surface area contributed by atoms with Gasteiger partial charge in [0.1, 0.15) is 6.04 Å². The molecule has 1 fully saturated rings. The lowest BCUT2D eigenvalue weighted by Gasteiger charge is -2.28. The van der Waals surface area contributed by atoms with Crippen LogP contribution in [0.2, 0.25) is 0 Å². The standard InChI is InChI=1S/C25H30N2O5/c26-21(14-16-6-10-19(11-7-16)18-4-2-1-3-5-18)23(28)27-22(25(31)32)15-17-8-12-20(13-9-17)24(29)30/h1-7,10-11,17,20-22H,8-9,12-15,26H2,(H,27,28)(H,29,30)(H,31,32)/t17?,20?,21-,22-/m0/s1. The molecule has 0 unspecified atom stereocenters. The molecule has 5 N–H and O–H groups in total. The molecule has 0 saturated heterocycles. The molecular weight excluding hydrogens is 408 g/mol. The van der Waals surface area contributed by atoms with Gasteiger partial charge in [0, 0.05) is 0 Å². The Hall–Kier alpha value is -3.19. The molecular formula is C25H30N2O5. The monoisotopic (exact) mass is 438 g/mol. The number of carboxylic acids is 2. The van der Waals surface area contributed by atoms with E-state index in [1.807, 2.05) is 54.6 Å². The van der Waals surface area contributed by atoms with Gasteiger partial charge in [0.2, 0.25) is 5.91 Å². The molecule has 7 heteroatoms. The van der Waals surface area contributed by atoms with E-state index in [0.717, 1.165) is 16.7 Å². The van der Waals surface area contributed by atoms with Gasteiger partial charge in [-0.1, -0.05) is 54.6 Å². The van der Waals surface area contributed by atoms with Crippen molar-refractivity contribution in [2.24, 2.45) is 17.6 Å². The summed E-state index contributed by atoms with van der Waals surface area (Å²) in [5.41, 5.74) is 9.12. The Kier molecular flexibility index (Phi) is 8.00. The second-order valence-electron chi connectivity index (χ2n) is 8.56. The number of nitrogens with two attached hydrogens (primary N) is 1. The Morgan fingerprint density at radius 3 is 2.06 bits per heavy atom. The molecule has 1 aliphatic rings. The van der Waals surface area contributed by atoms with Crippen LogP contribution >= 0.6 is 0 Å². The number of rotatable bonds is 9. The molecule has 0 aliphatic heterocycles. The highest BCUT2D eigenvalue weighted by molar-refractivity contribution is 5.87. The lowest BCUT2D eigenvalue weighted by molar-refractivity contribution is -0.144. The molecule has 2 aromatic rings. The molecule has 3 rings (SSSR count). The van der Waals surface area contributed by atoms with Crippen molar-refractivity contribution in [2.45, 2.75) is 50.6 Å². The van der Waals surface area contributed by atoms with Gasteiger partial charge in [-0.3, -0.25) is 9.59 Å². The zero-order valence-electron chi connectivity index (χ0n) is 17.9. The highest BCUT2D eigenvalue weighted by Crippen LogP contribution is 2.31. The molecule has 0 radical (unpaired) electrons. The van der Waals surface area contributed by atoms with Crippen LogP contribution < -0.4 is 11.1 Å². The predicted octanol–water partition coefficient (Wildman–Crippen LogP) is 3.07. The summed E-state index contributed by atoms with van der Waals surface area (Å²) in [5.74, 6) is -2.67. The molecule has 32 heavy (non-hydrogen) atoms. The largest absolute Gasteiger partial charge is 0.481 e. The topological polar surface area (TPSA) is 130 Å². The average Bonchev–Trinajstić information content (AvgIpc) is 2.80. The number of benzene rings is 2. The number of hydrogen-bond acceptors (Lipinski definition) is 4. The molecule has 1 saturated carbocycles. The number of amides is 1. The van der Waals surface area contributed by atoms with Crippen LogP contribution in [0.25, 0.3) is 11.1 Å². The van der Waals surface area contributed by atoms with Gasteiger partial charge >= 0.3 is 11.9 Å². The molecule has 0 heterocycles. The number of hydrogen-bond donors (Lipinski definition) is 4. The normalized spacial score (nSPS) is 20.2. The predicted molar refractivity (Wildman–Crippen MR) is 121 cm³/mol. The third kappa shape index (κ3) is 6.40. The lowest BCUT2D eigenvalue weighted by atomic mass is 9.79. The molecule has 0 bridgehead atoms. The van der Waals surface area contributed by atoms with E-state index in [1.165, 1.54) is 0 Å². The number of nitrogens with one attached hydrogen (secondary N) is 1. The van der Waals surface area contributed by atoms with Crippen LogP contribution in [-0.2, 0) is 20.8 Å². The molecule has 0 spiro atoms. The van der Waals surface area contributed by atoms with E-state index >= 15 is 0 Å². The molecule has 1 amide bonds. The zero-order chi connectivity index (χ0) is 23.1. The summed E-state index contributed by atoms with van der Waals surface area (Å²) in [4.78, 5) is 35.3. The van der Waals surface area contributed by atoms with Gasteiger partial charge in [0.15, 0.2) is 0 Å². The summed E-state index contributed by atoms with van der Waals surface area (Å²) < 4.78 is 0. The molecule has 7 nitrogen and oxygen atoms in total. The minimum atomic E-state index is -1.10. The Morgan fingerprint density at radius 2 is 1.50 bits per heavy atom. The third-order valence-corrected chi connectivity index (χ3v) is 6.23. The van der Waals surface area contributed by atoms with E-state index in [0.29, 0.717) is 32.1 Å². The molecule has 0 aromatic heterocycles. The van der Waals surface area contributed by atoms with E-state index in [2.05, 4.69) is 5.32 Å². The highest BCUT2D eigenvalue weighted by Gasteiger charge is 2.31. The summed E-state index contributed by atoms with van der Waals surface area (Å²) in [6.45, 7) is 0. The van der Waals surface area contributed by atoms with E-state index in [4.69, 9.17) is 10.8 Å². The average molecular weight is 439 g/mol. The van der Waals surface area contributed by atoms with Crippen molar-refractivity contribution in [3.63, 3.8) is 0 Å². The fraction of sp³-hybridized carbons (Fsp3) is 0.400. The maximum absolute atomic E-state index is 12.6. The van der Waals surface area contributed by atoms with Crippen LogP contribution in [0.1, 0.15) is 37.7 Å². The first-order chi connectivity index (χ1) is 15.3. The molecule has 2 atom stereocenters. The van der Waals surface area contributed by atoms with Gasteiger partial charge in [0.05, 0.1) is 12.0 Å². The minimum Gasteiger partial charge on any atom is -0.481 e. The molecule has 1 aliphatic carbocycles. The number of carbonyl (C=O) groups is 3. The van der Waals surface area contributed by atoms with Crippen LogP contribution in [0.5, 0.6) is 0 Å². The summed E-state index contributed by atoms with van der Waals surface area (Å²) >= 11 is 0. The smallest absolute Gasteiger partial charge is 0.326 e. The summed E-state index contributed by atoms with van der Waals surface area (Å²) in [6, 6.07) is 15.9. The first-order valence-corrected chi connectivity index (χ1v) is 11.0. The van der Waals surface area contributed by atoms with Crippen molar-refractivity contribution < 1.29 is 24.6 Å². The Balaban J connectivity index is 1.52. The summed E-state index contributed by atoms with van der Waals surface area (Å²) in [7, 11) is 0. The van der Waals surface area contributed by atoms with Gasteiger partial charge in [-0.2, -0.15) is 0 Å². The Labute approximate surface area is 187 Å². The van der Waals surface area contributed by atoms with Crippen molar-refractivity contribution in [3.05, 3.63) is 60.2 Å². The van der Waals surface area contributed by atoms with E-state index in [-0.39, 0.29) is 18.3 Å².